The van der Waals surface area contributed by atoms with Gasteiger partial charge < -0.3 is 24.3 Å². The van der Waals surface area contributed by atoms with Gasteiger partial charge in [-0.3, -0.25) is 10.1 Å². The van der Waals surface area contributed by atoms with E-state index in [0.717, 1.165) is 29.4 Å². The van der Waals surface area contributed by atoms with Crippen molar-refractivity contribution < 1.29 is 14.4 Å². The second-order valence-electron chi connectivity index (χ2n) is 8.75. The minimum atomic E-state index is -0.469. The van der Waals surface area contributed by atoms with Crippen LogP contribution < -0.4 is 14.8 Å². The molecule has 1 aliphatic heterocycles. The minimum absolute atomic E-state index is 0.125. The first-order chi connectivity index (χ1) is 17.3. The number of ether oxygens (including phenoxy) is 2. The zero-order valence-corrected chi connectivity index (χ0v) is 20.8. The molecule has 0 unspecified atom stereocenters. The number of aryl methyl sites for hydroxylation is 1. The first kappa shape index (κ1) is 23.8. The van der Waals surface area contributed by atoms with Crippen LogP contribution in [-0.2, 0) is 7.05 Å². The van der Waals surface area contributed by atoms with E-state index < -0.39 is 4.92 Å². The lowest BCUT2D eigenvalue weighted by Crippen LogP contribution is -2.21. The maximum Gasteiger partial charge on any atom is 0.313 e. The van der Waals surface area contributed by atoms with Gasteiger partial charge in [-0.25, -0.2) is 9.97 Å². The molecular formula is C25H25ClN6O4. The number of halogens is 1. The van der Waals surface area contributed by atoms with E-state index in [2.05, 4.69) is 20.2 Å². The Kier molecular flexibility index (Phi) is 6.38. The van der Waals surface area contributed by atoms with Gasteiger partial charge in [-0.15, -0.1) is 0 Å². The van der Waals surface area contributed by atoms with Crippen molar-refractivity contribution in [3.05, 3.63) is 63.9 Å². The molecule has 10 nitrogen and oxygen atoms in total. The highest BCUT2D eigenvalue weighted by molar-refractivity contribution is 6.33. The van der Waals surface area contributed by atoms with Gasteiger partial charge in [0.05, 0.1) is 34.6 Å². The molecule has 0 amide bonds. The third-order valence-electron chi connectivity index (χ3n) is 6.26. The summed E-state index contributed by atoms with van der Waals surface area (Å²) in [5.41, 5.74) is 2.61. The number of rotatable bonds is 7. The monoisotopic (exact) mass is 508 g/mol. The van der Waals surface area contributed by atoms with Crippen LogP contribution >= 0.6 is 11.6 Å². The van der Waals surface area contributed by atoms with Gasteiger partial charge in [-0.2, -0.15) is 0 Å². The number of para-hydroxylation sites is 1. The zero-order chi connectivity index (χ0) is 25.4. The summed E-state index contributed by atoms with van der Waals surface area (Å²) in [4.78, 5) is 22.4. The number of benzene rings is 2. The first-order valence-electron chi connectivity index (χ1n) is 11.4. The molecule has 36 heavy (non-hydrogen) atoms. The van der Waals surface area contributed by atoms with Crippen molar-refractivity contribution in [2.75, 3.05) is 32.6 Å². The lowest BCUT2D eigenvalue weighted by molar-refractivity contribution is -0.386. The molecule has 1 atom stereocenters. The number of hydrogen-bond donors (Lipinski definition) is 1. The highest BCUT2D eigenvalue weighted by atomic mass is 35.5. The van der Waals surface area contributed by atoms with Crippen LogP contribution in [0.5, 0.6) is 11.5 Å². The Morgan fingerprint density at radius 3 is 2.75 bits per heavy atom. The van der Waals surface area contributed by atoms with Crippen molar-refractivity contribution in [3.8, 4) is 22.8 Å². The summed E-state index contributed by atoms with van der Waals surface area (Å²) in [5, 5.41) is 16.3. The van der Waals surface area contributed by atoms with Gasteiger partial charge in [-0.05, 0) is 19.5 Å². The zero-order valence-electron chi connectivity index (χ0n) is 20.1. The predicted molar refractivity (Wildman–Crippen MR) is 138 cm³/mol. The number of aromatic nitrogens is 3. The summed E-state index contributed by atoms with van der Waals surface area (Å²) in [5.74, 6) is 0.754. The second-order valence-corrected chi connectivity index (χ2v) is 9.16. The lowest BCUT2D eigenvalue weighted by atomic mass is 10.1. The fourth-order valence-corrected chi connectivity index (χ4v) is 4.68. The Morgan fingerprint density at radius 1 is 1.22 bits per heavy atom. The Bertz CT molecular complexity index is 1460. The maximum absolute atomic E-state index is 11.9. The largest absolute Gasteiger partial charge is 0.494 e. The average molecular weight is 509 g/mol. The first-order valence-corrected chi connectivity index (χ1v) is 11.8. The Hall–Kier alpha value is -3.89. The van der Waals surface area contributed by atoms with Crippen LogP contribution in [0, 0.1) is 10.1 Å². The average Bonchev–Trinajstić information content (AvgIpc) is 3.43. The molecule has 1 aliphatic rings. The number of hydrogen-bond acceptors (Lipinski definition) is 8. The Balaban J connectivity index is 1.51. The van der Waals surface area contributed by atoms with E-state index in [1.54, 1.807) is 0 Å². The summed E-state index contributed by atoms with van der Waals surface area (Å²) >= 11 is 6.48. The fraction of sp³-hybridized carbons (Fsp3) is 0.280. The van der Waals surface area contributed by atoms with Gasteiger partial charge in [0.2, 0.25) is 11.7 Å². The summed E-state index contributed by atoms with van der Waals surface area (Å²) in [7, 11) is 5.44. The molecule has 1 fully saturated rings. The minimum Gasteiger partial charge on any atom is -0.494 e. The quantitative estimate of drug-likeness (QED) is 0.273. The van der Waals surface area contributed by atoms with E-state index >= 15 is 0 Å². The van der Waals surface area contributed by atoms with Crippen molar-refractivity contribution in [1.29, 1.82) is 0 Å². The third-order valence-corrected chi connectivity index (χ3v) is 6.54. The normalized spacial score (nSPS) is 15.8. The van der Waals surface area contributed by atoms with Crippen LogP contribution in [0.3, 0.4) is 0 Å². The Morgan fingerprint density at radius 2 is 2.03 bits per heavy atom. The summed E-state index contributed by atoms with van der Waals surface area (Å²) in [6, 6.07) is 10.9. The van der Waals surface area contributed by atoms with Crippen LogP contribution in [0.4, 0.5) is 17.3 Å². The molecule has 3 heterocycles. The van der Waals surface area contributed by atoms with E-state index in [4.69, 9.17) is 21.1 Å². The van der Waals surface area contributed by atoms with Crippen molar-refractivity contribution in [2.45, 2.75) is 12.5 Å². The van der Waals surface area contributed by atoms with Crippen molar-refractivity contribution in [3.63, 3.8) is 0 Å². The van der Waals surface area contributed by atoms with E-state index in [1.165, 1.54) is 25.4 Å². The molecule has 2 aromatic carbocycles. The molecule has 0 saturated carbocycles. The standard InChI is InChI=1S/C25H25ClN6O4/c1-30-9-8-15(13-30)36-23-11-22(35-3)19(10-21(23)32(33)34)28-25-27-12-18(26)24(29-25)17-14-31(2)20-7-5-4-6-16(17)20/h4-7,10-12,14-15H,8-9,13H2,1-3H3,(H,27,28,29)/t15-/m0/s1. The molecule has 2 aromatic heterocycles. The molecule has 0 aliphatic carbocycles. The Labute approximate surface area is 212 Å². The summed E-state index contributed by atoms with van der Waals surface area (Å²) < 4.78 is 13.5. The van der Waals surface area contributed by atoms with Gasteiger partial charge in [0, 0.05) is 54.9 Å². The molecule has 4 aromatic rings. The number of fused-ring (bicyclic) bond motifs is 1. The third kappa shape index (κ3) is 4.52. The number of nitro groups is 1. The van der Waals surface area contributed by atoms with E-state index in [9.17, 15) is 10.1 Å². The number of likely N-dealkylation sites (tertiary alicyclic amines) is 1. The summed E-state index contributed by atoms with van der Waals surface area (Å²) in [6.45, 7) is 1.58. The van der Waals surface area contributed by atoms with Gasteiger partial charge in [-0.1, -0.05) is 29.8 Å². The molecule has 0 radical (unpaired) electrons. The van der Waals surface area contributed by atoms with Crippen LogP contribution in [-0.4, -0.2) is 57.7 Å². The number of anilines is 2. The smallest absolute Gasteiger partial charge is 0.313 e. The van der Waals surface area contributed by atoms with E-state index in [-0.39, 0.29) is 23.5 Å². The van der Waals surface area contributed by atoms with Crippen molar-refractivity contribution in [2.24, 2.45) is 7.05 Å². The van der Waals surface area contributed by atoms with E-state index in [0.29, 0.717) is 28.7 Å². The molecule has 1 N–H and O–H groups in total. The SMILES string of the molecule is COc1cc(O[C@H]2CCN(C)C2)c([N+](=O)[O-])cc1Nc1ncc(Cl)c(-c2cn(C)c3ccccc23)n1. The van der Waals surface area contributed by atoms with Crippen molar-refractivity contribution >= 4 is 39.8 Å². The molecule has 5 rings (SSSR count). The molecule has 0 spiro atoms. The van der Waals surface area contributed by atoms with Crippen LogP contribution in [0.2, 0.25) is 5.02 Å². The van der Waals surface area contributed by atoms with E-state index in [1.807, 2.05) is 49.1 Å². The van der Waals surface area contributed by atoms with Crippen LogP contribution in [0.15, 0.2) is 48.8 Å². The van der Waals surface area contributed by atoms with Crippen LogP contribution in [0.1, 0.15) is 6.42 Å². The predicted octanol–water partition coefficient (Wildman–Crippen LogP) is 5.03. The topological polar surface area (TPSA) is 108 Å². The molecule has 1 saturated heterocycles. The van der Waals surface area contributed by atoms with Gasteiger partial charge in [0.15, 0.2) is 0 Å². The molecule has 11 heteroatoms. The maximum atomic E-state index is 11.9. The van der Waals surface area contributed by atoms with Crippen molar-refractivity contribution in [1.82, 2.24) is 19.4 Å². The second kappa shape index (κ2) is 9.63. The number of likely N-dealkylation sites (N-methyl/N-ethyl adjacent to an activating group) is 1. The molecular weight excluding hydrogens is 484 g/mol. The highest BCUT2D eigenvalue weighted by Gasteiger charge is 2.27. The molecule has 0 bridgehead atoms. The van der Waals surface area contributed by atoms with Gasteiger partial charge in [0.1, 0.15) is 11.9 Å². The number of nitro benzene ring substituents is 1. The fourth-order valence-electron chi connectivity index (χ4n) is 4.49. The number of nitrogens with zero attached hydrogens (tertiary/aromatic N) is 5. The lowest BCUT2D eigenvalue weighted by Gasteiger charge is -2.17. The molecule has 186 valence electrons. The summed E-state index contributed by atoms with van der Waals surface area (Å²) in [6.07, 6.45) is 4.13. The number of methoxy groups -OCH3 is 1. The van der Waals surface area contributed by atoms with Gasteiger partial charge >= 0.3 is 5.69 Å². The highest BCUT2D eigenvalue weighted by Crippen LogP contribution is 2.40. The van der Waals surface area contributed by atoms with Crippen LogP contribution in [0.25, 0.3) is 22.2 Å². The van der Waals surface area contributed by atoms with Gasteiger partial charge in [0.25, 0.3) is 0 Å². The number of nitrogens with one attached hydrogen (secondary N) is 1.